The molecule has 0 bridgehead atoms. The van der Waals surface area contributed by atoms with Gasteiger partial charge in [-0.1, -0.05) is 35.9 Å². The van der Waals surface area contributed by atoms with E-state index in [2.05, 4.69) is 10.6 Å². The SMILES string of the molecule is COC(=O)CC1C(=O)NCCN1CC(=O)NC(c1ccc(C)cc1)c1cccs1. The van der Waals surface area contributed by atoms with Crippen molar-refractivity contribution in [3.05, 3.63) is 57.8 Å². The van der Waals surface area contributed by atoms with E-state index in [1.165, 1.54) is 7.11 Å². The summed E-state index contributed by atoms with van der Waals surface area (Å²) in [7, 11) is 1.29. The normalized spacial score (nSPS) is 18.0. The van der Waals surface area contributed by atoms with Crippen molar-refractivity contribution in [3.63, 3.8) is 0 Å². The van der Waals surface area contributed by atoms with Gasteiger partial charge in [0.2, 0.25) is 11.8 Å². The molecule has 0 radical (unpaired) electrons. The summed E-state index contributed by atoms with van der Waals surface area (Å²) in [4.78, 5) is 39.5. The van der Waals surface area contributed by atoms with Crippen LogP contribution in [0.3, 0.4) is 0 Å². The van der Waals surface area contributed by atoms with Crippen molar-refractivity contribution in [3.8, 4) is 0 Å². The minimum Gasteiger partial charge on any atom is -0.469 e. The molecule has 0 spiro atoms. The lowest BCUT2D eigenvalue weighted by atomic mass is 10.0. The molecule has 2 heterocycles. The lowest BCUT2D eigenvalue weighted by molar-refractivity contribution is -0.146. The highest BCUT2D eigenvalue weighted by Crippen LogP contribution is 2.26. The van der Waals surface area contributed by atoms with Crippen LogP contribution in [-0.2, 0) is 19.1 Å². The van der Waals surface area contributed by atoms with Gasteiger partial charge in [0.15, 0.2) is 0 Å². The summed E-state index contributed by atoms with van der Waals surface area (Å²) in [5, 5.41) is 7.80. The third kappa shape index (κ3) is 5.42. The minimum absolute atomic E-state index is 0.0306. The number of carbonyl (C=O) groups is 3. The van der Waals surface area contributed by atoms with E-state index in [-0.39, 0.29) is 30.8 Å². The molecule has 1 aromatic carbocycles. The molecule has 0 aliphatic carbocycles. The lowest BCUT2D eigenvalue weighted by Crippen LogP contribution is -2.58. The van der Waals surface area contributed by atoms with Crippen LogP contribution in [0, 0.1) is 6.92 Å². The summed E-state index contributed by atoms with van der Waals surface area (Å²) >= 11 is 1.58. The second-order valence-corrected chi connectivity index (χ2v) is 7.96. The Morgan fingerprint density at radius 1 is 1.31 bits per heavy atom. The first-order valence-corrected chi connectivity index (χ1v) is 10.3. The molecular weight excluding hydrogens is 390 g/mol. The van der Waals surface area contributed by atoms with E-state index in [0.717, 1.165) is 16.0 Å². The number of benzene rings is 1. The van der Waals surface area contributed by atoms with E-state index >= 15 is 0 Å². The van der Waals surface area contributed by atoms with Crippen LogP contribution in [-0.4, -0.2) is 55.5 Å². The molecule has 1 saturated heterocycles. The van der Waals surface area contributed by atoms with Crippen LogP contribution in [0.5, 0.6) is 0 Å². The van der Waals surface area contributed by atoms with Crippen molar-refractivity contribution in [1.29, 1.82) is 0 Å². The molecule has 2 amide bonds. The van der Waals surface area contributed by atoms with E-state index in [0.29, 0.717) is 13.1 Å². The molecule has 1 aliphatic rings. The first kappa shape index (κ1) is 21.0. The number of carbonyl (C=O) groups excluding carboxylic acids is 3. The van der Waals surface area contributed by atoms with E-state index in [1.807, 2.05) is 48.7 Å². The van der Waals surface area contributed by atoms with Gasteiger partial charge in [-0.3, -0.25) is 19.3 Å². The molecule has 2 N–H and O–H groups in total. The Labute approximate surface area is 174 Å². The van der Waals surface area contributed by atoms with Gasteiger partial charge in [0, 0.05) is 18.0 Å². The molecule has 8 heteroatoms. The van der Waals surface area contributed by atoms with Crippen LogP contribution in [0.1, 0.15) is 28.5 Å². The Balaban J connectivity index is 1.73. The van der Waals surface area contributed by atoms with Crippen LogP contribution in [0.25, 0.3) is 0 Å². The maximum atomic E-state index is 12.9. The third-order valence-electron chi connectivity index (χ3n) is 4.92. The van der Waals surface area contributed by atoms with Crippen molar-refractivity contribution in [1.82, 2.24) is 15.5 Å². The number of hydrogen-bond donors (Lipinski definition) is 2. The topological polar surface area (TPSA) is 87.7 Å². The smallest absolute Gasteiger partial charge is 0.307 e. The average Bonchev–Trinajstić information content (AvgIpc) is 3.24. The van der Waals surface area contributed by atoms with Crippen molar-refractivity contribution in [2.75, 3.05) is 26.7 Å². The van der Waals surface area contributed by atoms with Gasteiger partial charge in [-0.2, -0.15) is 0 Å². The van der Waals surface area contributed by atoms with E-state index < -0.39 is 12.0 Å². The monoisotopic (exact) mass is 415 g/mol. The quantitative estimate of drug-likeness (QED) is 0.671. The predicted molar refractivity (Wildman–Crippen MR) is 110 cm³/mol. The van der Waals surface area contributed by atoms with Crippen LogP contribution >= 0.6 is 11.3 Å². The average molecular weight is 416 g/mol. The number of aryl methyl sites for hydroxylation is 1. The van der Waals surface area contributed by atoms with Gasteiger partial charge in [-0.05, 0) is 23.9 Å². The fraction of sp³-hybridized carbons (Fsp3) is 0.381. The number of rotatable bonds is 7. The maximum absolute atomic E-state index is 12.9. The number of hydrogen-bond acceptors (Lipinski definition) is 6. The maximum Gasteiger partial charge on any atom is 0.307 e. The Kier molecular flexibility index (Phi) is 7.00. The van der Waals surface area contributed by atoms with Gasteiger partial charge in [0.05, 0.1) is 26.1 Å². The fourth-order valence-electron chi connectivity index (χ4n) is 3.34. The number of esters is 1. The molecule has 154 valence electrons. The van der Waals surface area contributed by atoms with E-state index in [4.69, 9.17) is 4.74 Å². The van der Waals surface area contributed by atoms with Gasteiger partial charge in [-0.25, -0.2) is 0 Å². The van der Waals surface area contributed by atoms with Gasteiger partial charge in [-0.15, -0.1) is 11.3 Å². The molecule has 0 saturated carbocycles. The molecular formula is C21H25N3O4S. The van der Waals surface area contributed by atoms with Gasteiger partial charge in [0.25, 0.3) is 0 Å². The molecule has 1 aromatic heterocycles. The van der Waals surface area contributed by atoms with Crippen molar-refractivity contribution in [2.45, 2.75) is 25.4 Å². The molecule has 29 heavy (non-hydrogen) atoms. The molecule has 1 aliphatic heterocycles. The number of nitrogens with zero attached hydrogens (tertiary/aromatic N) is 1. The molecule has 1 fully saturated rings. The summed E-state index contributed by atoms with van der Waals surface area (Å²) in [5.74, 6) is -0.940. The van der Waals surface area contributed by atoms with Crippen molar-refractivity contribution < 1.29 is 19.1 Å². The van der Waals surface area contributed by atoms with Gasteiger partial charge < -0.3 is 15.4 Å². The van der Waals surface area contributed by atoms with Crippen LogP contribution in [0.15, 0.2) is 41.8 Å². The third-order valence-corrected chi connectivity index (χ3v) is 5.86. The standard InChI is InChI=1S/C21H25N3O4S/c1-14-5-7-15(8-6-14)20(17-4-3-11-29-17)23-18(25)13-24-10-9-22-21(27)16(24)12-19(26)28-2/h3-8,11,16,20H,9-10,12-13H2,1-2H3,(H,22,27)(H,23,25). The predicted octanol–water partition coefficient (Wildman–Crippen LogP) is 1.63. The Morgan fingerprint density at radius 3 is 2.72 bits per heavy atom. The van der Waals surface area contributed by atoms with Gasteiger partial charge >= 0.3 is 5.97 Å². The zero-order chi connectivity index (χ0) is 20.8. The second-order valence-electron chi connectivity index (χ2n) is 6.98. The van der Waals surface area contributed by atoms with Crippen molar-refractivity contribution in [2.24, 2.45) is 0 Å². The van der Waals surface area contributed by atoms with Crippen LogP contribution in [0.2, 0.25) is 0 Å². The highest BCUT2D eigenvalue weighted by atomic mass is 32.1. The van der Waals surface area contributed by atoms with Crippen LogP contribution in [0.4, 0.5) is 0 Å². The van der Waals surface area contributed by atoms with E-state index in [1.54, 1.807) is 16.2 Å². The van der Waals surface area contributed by atoms with Crippen LogP contribution < -0.4 is 10.6 Å². The summed E-state index contributed by atoms with van der Waals surface area (Å²) in [6, 6.07) is 11.0. The number of piperazine rings is 1. The highest BCUT2D eigenvalue weighted by molar-refractivity contribution is 7.10. The summed E-state index contributed by atoms with van der Waals surface area (Å²) in [6.07, 6.45) is -0.0814. The minimum atomic E-state index is -0.707. The number of thiophene rings is 1. The summed E-state index contributed by atoms with van der Waals surface area (Å²) in [5.41, 5.74) is 2.14. The van der Waals surface area contributed by atoms with Crippen molar-refractivity contribution >= 4 is 29.1 Å². The Bertz CT molecular complexity index is 851. The number of methoxy groups -OCH3 is 1. The summed E-state index contributed by atoms with van der Waals surface area (Å²) < 4.78 is 4.69. The first-order valence-electron chi connectivity index (χ1n) is 9.46. The zero-order valence-electron chi connectivity index (χ0n) is 16.5. The second kappa shape index (κ2) is 9.67. The lowest BCUT2D eigenvalue weighted by Gasteiger charge is -2.34. The summed E-state index contributed by atoms with van der Waals surface area (Å²) in [6.45, 7) is 2.99. The Hall–Kier alpha value is -2.71. The van der Waals surface area contributed by atoms with E-state index in [9.17, 15) is 14.4 Å². The first-order chi connectivity index (χ1) is 14.0. The molecule has 7 nitrogen and oxygen atoms in total. The van der Waals surface area contributed by atoms with Gasteiger partial charge in [0.1, 0.15) is 6.04 Å². The zero-order valence-corrected chi connectivity index (χ0v) is 17.3. The number of nitrogens with one attached hydrogen (secondary N) is 2. The molecule has 2 atom stereocenters. The molecule has 2 unspecified atom stereocenters. The highest BCUT2D eigenvalue weighted by Gasteiger charge is 2.33. The Morgan fingerprint density at radius 2 is 2.07 bits per heavy atom. The number of ether oxygens (including phenoxy) is 1. The number of amides is 2. The molecule has 3 rings (SSSR count). The molecule has 2 aromatic rings. The fourth-order valence-corrected chi connectivity index (χ4v) is 4.14. The largest absolute Gasteiger partial charge is 0.469 e.